The Morgan fingerprint density at radius 3 is 1.26 bits per heavy atom. The predicted octanol–water partition coefficient (Wildman–Crippen LogP) is 13.5. The molecule has 0 aromatic rings. The summed E-state index contributed by atoms with van der Waals surface area (Å²) in [5, 5.41) is -0.0553. The van der Waals surface area contributed by atoms with Gasteiger partial charge in [0.25, 0.3) is 0 Å². The number of Topliss-reactive ketones (excluding diaryl/α,β-unsaturated/α-hetero) is 1. The van der Waals surface area contributed by atoms with Crippen molar-refractivity contribution >= 4 is 92.4 Å². The molecule has 0 bridgehead atoms. The Balaban J connectivity index is 5.86. The Morgan fingerprint density at radius 1 is 0.540 bits per heavy atom. The van der Waals surface area contributed by atoms with E-state index < -0.39 is 17.1 Å². The van der Waals surface area contributed by atoms with Crippen LogP contribution in [-0.2, 0) is 67.4 Å². The smallest absolute Gasteiger partial charge is 0.248 e. The molecule has 0 saturated heterocycles. The van der Waals surface area contributed by atoms with E-state index >= 15 is 0 Å². The number of rotatable bonds is 30. The Hall–Kier alpha value is 2.43. The summed E-state index contributed by atoms with van der Waals surface area (Å²) in [6, 6.07) is 0. The molecule has 7 atom stereocenters. The van der Waals surface area contributed by atoms with E-state index in [0.29, 0.717) is 48.2 Å². The Morgan fingerprint density at radius 2 is 0.900 bits per heavy atom. The number of hydrogen-bond donors (Lipinski definition) is 0. The maximum atomic E-state index is 11.8. The molecule has 0 rings (SSSR count). The van der Waals surface area contributed by atoms with E-state index in [9.17, 15) is 4.79 Å². The molecular weight excluding hydrogens is 806 g/mol. The highest BCUT2D eigenvalue weighted by Crippen LogP contribution is 2.67. The first-order valence-electron chi connectivity index (χ1n) is 18.2. The summed E-state index contributed by atoms with van der Waals surface area (Å²) >= 11 is 22.8. The van der Waals surface area contributed by atoms with Crippen LogP contribution in [0.4, 0.5) is 0 Å². The van der Waals surface area contributed by atoms with E-state index in [2.05, 4.69) is 90.0 Å². The molecular formula is C34H71O7P3S6. The third-order valence-corrected chi connectivity index (χ3v) is 23.3. The Labute approximate surface area is 335 Å². The predicted molar refractivity (Wildman–Crippen MR) is 237 cm³/mol. The lowest BCUT2D eigenvalue weighted by Crippen LogP contribution is -2.17. The van der Waals surface area contributed by atoms with Crippen LogP contribution in [0.25, 0.3) is 0 Å². The van der Waals surface area contributed by atoms with Gasteiger partial charge in [-0.25, -0.2) is 0 Å². The number of ketones is 1. The first-order chi connectivity index (χ1) is 22.9. The van der Waals surface area contributed by atoms with Gasteiger partial charge >= 0.3 is 0 Å². The number of hydrogen-bond acceptors (Lipinski definition) is 13. The molecule has 7 unspecified atom stereocenters. The minimum absolute atomic E-state index is 0.0140. The summed E-state index contributed by atoms with van der Waals surface area (Å²) in [6.07, 6.45) is 3.67. The molecule has 0 aliphatic rings. The van der Waals surface area contributed by atoms with E-state index in [-0.39, 0.29) is 41.6 Å². The van der Waals surface area contributed by atoms with Crippen LogP contribution >= 0.6 is 51.2 Å². The Kier molecular flexibility index (Phi) is 27.6. The second kappa shape index (κ2) is 26.4. The van der Waals surface area contributed by atoms with E-state index in [1.807, 2.05) is 6.92 Å². The van der Waals surface area contributed by atoms with Crippen LogP contribution in [0.1, 0.15) is 136 Å². The summed E-state index contributed by atoms with van der Waals surface area (Å²) in [4.78, 5) is 11.8. The summed E-state index contributed by atoms with van der Waals surface area (Å²) in [7, 11) is 0. The quantitative estimate of drug-likeness (QED) is 0.0644. The fourth-order valence-electron chi connectivity index (χ4n) is 5.16. The molecule has 7 nitrogen and oxygen atoms in total. The molecule has 0 N–H and O–H groups in total. The van der Waals surface area contributed by atoms with Crippen LogP contribution in [0.2, 0.25) is 0 Å². The van der Waals surface area contributed by atoms with Crippen molar-refractivity contribution in [2.75, 3.05) is 18.1 Å². The maximum Gasteiger partial charge on any atom is 0.248 e. The van der Waals surface area contributed by atoms with Crippen molar-refractivity contribution in [2.45, 2.75) is 172 Å². The van der Waals surface area contributed by atoms with Crippen molar-refractivity contribution in [1.29, 1.82) is 0 Å². The minimum atomic E-state index is -2.85. The molecule has 16 heteroatoms. The molecule has 50 heavy (non-hydrogen) atoms. The van der Waals surface area contributed by atoms with Gasteiger partial charge in [0.05, 0.1) is 37.1 Å². The van der Waals surface area contributed by atoms with Crippen LogP contribution in [0, 0.1) is 23.7 Å². The largest absolute Gasteiger partial charge is 0.320 e. The molecule has 0 aliphatic carbocycles. The van der Waals surface area contributed by atoms with Crippen LogP contribution in [0.3, 0.4) is 0 Å². The molecule has 0 aromatic heterocycles. The van der Waals surface area contributed by atoms with Crippen molar-refractivity contribution in [1.82, 2.24) is 0 Å². The minimum Gasteiger partial charge on any atom is -0.320 e. The van der Waals surface area contributed by atoms with Gasteiger partial charge in [0.1, 0.15) is 5.78 Å². The van der Waals surface area contributed by atoms with Crippen molar-refractivity contribution in [2.24, 2.45) is 23.7 Å². The van der Waals surface area contributed by atoms with Gasteiger partial charge in [0.15, 0.2) is 0 Å². The van der Waals surface area contributed by atoms with Crippen LogP contribution in [0.5, 0.6) is 0 Å². The van der Waals surface area contributed by atoms with Crippen molar-refractivity contribution in [3.63, 3.8) is 0 Å². The molecule has 0 radical (unpaired) electrons. The lowest BCUT2D eigenvalue weighted by atomic mass is 10.1. The molecule has 0 fully saturated rings. The van der Waals surface area contributed by atoms with Gasteiger partial charge in [-0.2, -0.15) is 0 Å². The van der Waals surface area contributed by atoms with Crippen molar-refractivity contribution in [3.8, 4) is 0 Å². The zero-order valence-electron chi connectivity index (χ0n) is 33.6. The second-order valence-corrected chi connectivity index (χ2v) is 34.4. The van der Waals surface area contributed by atoms with Gasteiger partial charge in [-0.1, -0.05) is 96.5 Å². The first kappa shape index (κ1) is 52.4. The lowest BCUT2D eigenvalue weighted by Gasteiger charge is -2.32. The standard InChI is InChI=1S/C34H71O7P3S6/c1-24(2)18-29(10)37-43(46,38-30(11)19-25(3)4)49-23-33(14)41-42(45,48-17-16-28(9)35)36-22-34(15)50-44(47,39-31(12)20-26(5)6)40-32(13)21-27(7)8/h24-27,29-34H,16-23H2,1-15H3. The molecule has 0 spiro atoms. The van der Waals surface area contributed by atoms with E-state index in [0.717, 1.165) is 25.7 Å². The van der Waals surface area contributed by atoms with E-state index in [4.69, 9.17) is 62.6 Å². The fourth-order valence-corrected chi connectivity index (χ4v) is 22.6. The summed E-state index contributed by atoms with van der Waals surface area (Å²) in [5.74, 6) is 3.13. The van der Waals surface area contributed by atoms with Gasteiger partial charge in [-0.05, 0) is 126 Å². The normalized spacial score (nSPS) is 19.9. The lowest BCUT2D eigenvalue weighted by molar-refractivity contribution is -0.116. The Bertz CT molecular complexity index is 1050. The van der Waals surface area contributed by atoms with Gasteiger partial charge in [-0.3, -0.25) is 4.79 Å². The zero-order valence-corrected chi connectivity index (χ0v) is 41.2. The van der Waals surface area contributed by atoms with Gasteiger partial charge < -0.3 is 27.1 Å². The van der Waals surface area contributed by atoms with Crippen LogP contribution < -0.4 is 0 Å². The highest BCUT2D eigenvalue weighted by Gasteiger charge is 2.33. The molecule has 0 aromatic carbocycles. The van der Waals surface area contributed by atoms with E-state index in [1.54, 1.807) is 18.3 Å². The first-order valence-corrected chi connectivity index (χ1v) is 30.8. The fraction of sp³-hybridized carbons (Fsp3) is 0.971. The molecule has 0 saturated carbocycles. The number of carbonyl (C=O) groups is 1. The molecule has 0 heterocycles. The van der Waals surface area contributed by atoms with Gasteiger partial charge in [0, 0.05) is 23.2 Å². The molecule has 300 valence electrons. The second-order valence-electron chi connectivity index (χ2n) is 15.2. The van der Waals surface area contributed by atoms with Crippen LogP contribution in [0.15, 0.2) is 0 Å². The molecule has 0 aliphatic heterocycles. The monoisotopic (exact) mass is 876 g/mol. The maximum absolute atomic E-state index is 11.8. The average Bonchev–Trinajstić information content (AvgIpc) is 2.88. The van der Waals surface area contributed by atoms with Gasteiger partial charge in [0.2, 0.25) is 17.1 Å². The van der Waals surface area contributed by atoms with E-state index in [1.165, 1.54) is 22.8 Å². The SMILES string of the molecule is CC(=O)CCSP(=S)(OCC(C)SP(=S)(OC(C)CC(C)C)OC(C)CC(C)C)OC(C)CSP(=S)(OC(C)CC(C)C)OC(C)CC(C)C. The number of carbonyl (C=O) groups excluding carboxylic acids is 1. The summed E-state index contributed by atoms with van der Waals surface area (Å²) in [6.45, 7) is 31.7. The topological polar surface area (TPSA) is 72.5 Å². The van der Waals surface area contributed by atoms with Crippen molar-refractivity contribution in [3.05, 3.63) is 0 Å². The highest BCUT2D eigenvalue weighted by molar-refractivity contribution is 8.69. The summed E-state index contributed by atoms with van der Waals surface area (Å²) in [5.41, 5.74) is -8.23. The zero-order chi connectivity index (χ0) is 38.9. The van der Waals surface area contributed by atoms with Crippen molar-refractivity contribution < 1.29 is 31.9 Å². The third kappa shape index (κ3) is 27.1. The van der Waals surface area contributed by atoms with Gasteiger partial charge in [-0.15, -0.1) is 0 Å². The summed E-state index contributed by atoms with van der Waals surface area (Å²) < 4.78 is 39.0. The average molecular weight is 877 g/mol. The highest BCUT2D eigenvalue weighted by atomic mass is 32.9. The molecule has 0 amide bonds. The third-order valence-electron chi connectivity index (χ3n) is 6.71. The van der Waals surface area contributed by atoms with Crippen LogP contribution in [-0.4, -0.2) is 59.7 Å².